The van der Waals surface area contributed by atoms with E-state index < -0.39 is 0 Å². The van der Waals surface area contributed by atoms with Gasteiger partial charge in [0.25, 0.3) is 0 Å². The van der Waals surface area contributed by atoms with E-state index in [1.54, 1.807) is 0 Å². The lowest BCUT2D eigenvalue weighted by Gasteiger charge is -2.05. The van der Waals surface area contributed by atoms with Crippen molar-refractivity contribution in [3.8, 4) is 16.9 Å². The van der Waals surface area contributed by atoms with Gasteiger partial charge in [-0.1, -0.05) is 37.3 Å². The van der Waals surface area contributed by atoms with Gasteiger partial charge in [-0.3, -0.25) is 0 Å². The number of nitrogens with one attached hydrogen (secondary N) is 1. The van der Waals surface area contributed by atoms with Crippen LogP contribution in [0.3, 0.4) is 0 Å². The molecule has 0 unspecified atom stereocenters. The van der Waals surface area contributed by atoms with Crippen molar-refractivity contribution in [1.82, 2.24) is 20.1 Å². The molecule has 0 spiro atoms. The summed E-state index contributed by atoms with van der Waals surface area (Å²) in [5.74, 6) is 0.840. The van der Waals surface area contributed by atoms with Crippen LogP contribution < -0.4 is 5.32 Å². The Labute approximate surface area is 124 Å². The Balaban J connectivity index is 1.86. The van der Waals surface area contributed by atoms with E-state index in [0.717, 1.165) is 30.0 Å². The minimum atomic E-state index is 0.840. The van der Waals surface area contributed by atoms with Crippen molar-refractivity contribution in [3.63, 3.8) is 0 Å². The molecule has 0 saturated carbocycles. The summed E-state index contributed by atoms with van der Waals surface area (Å²) in [6, 6.07) is 14.3. The number of pyridine rings is 1. The van der Waals surface area contributed by atoms with Crippen LogP contribution in [-0.4, -0.2) is 21.3 Å². The summed E-state index contributed by atoms with van der Waals surface area (Å²) in [7, 11) is 0. The maximum absolute atomic E-state index is 4.42. The fraction of sp³-hybridized carbons (Fsp3) is 0.176. The molecule has 0 bridgehead atoms. The molecule has 0 radical (unpaired) electrons. The lowest BCUT2D eigenvalue weighted by molar-refractivity contribution is 0.723. The number of nitrogens with zero attached hydrogens (tertiary/aromatic N) is 3. The molecule has 0 aliphatic heterocycles. The van der Waals surface area contributed by atoms with Crippen LogP contribution in [0.2, 0.25) is 0 Å². The summed E-state index contributed by atoms with van der Waals surface area (Å²) in [5, 5.41) is 7.73. The predicted molar refractivity (Wildman–Crippen MR) is 84.2 cm³/mol. The highest BCUT2D eigenvalue weighted by atomic mass is 15.3. The molecule has 4 nitrogen and oxygen atoms in total. The van der Waals surface area contributed by atoms with E-state index in [9.17, 15) is 0 Å². The lowest BCUT2D eigenvalue weighted by Crippen LogP contribution is -2.12. The first-order valence-corrected chi connectivity index (χ1v) is 7.13. The van der Waals surface area contributed by atoms with Crippen molar-refractivity contribution in [2.45, 2.75) is 13.5 Å². The Kier molecular flexibility index (Phi) is 4.07. The van der Waals surface area contributed by atoms with Gasteiger partial charge in [0.1, 0.15) is 0 Å². The molecular weight excluding hydrogens is 260 g/mol. The first-order valence-electron chi connectivity index (χ1n) is 7.13. The average Bonchev–Trinajstić information content (AvgIpc) is 3.04. The zero-order valence-electron chi connectivity index (χ0n) is 12.0. The minimum Gasteiger partial charge on any atom is -0.313 e. The molecule has 0 fully saturated rings. The molecule has 3 rings (SSSR count). The Bertz CT molecular complexity index is 704. The molecule has 0 aliphatic carbocycles. The topological polar surface area (TPSA) is 42.7 Å². The molecule has 2 aromatic heterocycles. The van der Waals surface area contributed by atoms with Crippen LogP contribution >= 0.6 is 0 Å². The molecule has 1 N–H and O–H groups in total. The van der Waals surface area contributed by atoms with Gasteiger partial charge in [-0.2, -0.15) is 5.10 Å². The van der Waals surface area contributed by atoms with Crippen LogP contribution in [0.15, 0.2) is 61.1 Å². The van der Waals surface area contributed by atoms with Crippen molar-refractivity contribution in [2.75, 3.05) is 6.54 Å². The van der Waals surface area contributed by atoms with Crippen LogP contribution in [0, 0.1) is 0 Å². The van der Waals surface area contributed by atoms with Gasteiger partial charge in [-0.15, -0.1) is 0 Å². The second kappa shape index (κ2) is 6.33. The molecule has 2 heterocycles. The van der Waals surface area contributed by atoms with Gasteiger partial charge < -0.3 is 5.32 Å². The Morgan fingerprint density at radius 1 is 1.10 bits per heavy atom. The third-order valence-corrected chi connectivity index (χ3v) is 3.31. The SMILES string of the molecule is CCNCc1ccnc(-n2cc(-c3ccccc3)cn2)c1. The van der Waals surface area contributed by atoms with Crippen molar-refractivity contribution in [1.29, 1.82) is 0 Å². The smallest absolute Gasteiger partial charge is 0.153 e. The maximum atomic E-state index is 4.42. The first-order chi connectivity index (χ1) is 10.4. The van der Waals surface area contributed by atoms with Gasteiger partial charge in [-0.25, -0.2) is 9.67 Å². The van der Waals surface area contributed by atoms with E-state index >= 15 is 0 Å². The van der Waals surface area contributed by atoms with E-state index in [2.05, 4.69) is 40.5 Å². The Morgan fingerprint density at radius 2 is 1.95 bits per heavy atom. The molecule has 21 heavy (non-hydrogen) atoms. The largest absolute Gasteiger partial charge is 0.313 e. The summed E-state index contributed by atoms with van der Waals surface area (Å²) >= 11 is 0. The monoisotopic (exact) mass is 278 g/mol. The average molecular weight is 278 g/mol. The lowest BCUT2D eigenvalue weighted by atomic mass is 10.1. The standard InChI is InChI=1S/C17H18N4/c1-2-18-11-14-8-9-19-17(10-14)21-13-16(12-20-21)15-6-4-3-5-7-15/h3-10,12-13,18H,2,11H2,1H3. The summed E-state index contributed by atoms with van der Waals surface area (Å²) in [4.78, 5) is 4.40. The van der Waals surface area contributed by atoms with E-state index in [0.29, 0.717) is 0 Å². The molecule has 1 aromatic carbocycles. The quantitative estimate of drug-likeness (QED) is 0.780. The van der Waals surface area contributed by atoms with E-state index in [4.69, 9.17) is 0 Å². The van der Waals surface area contributed by atoms with Crippen molar-refractivity contribution < 1.29 is 0 Å². The highest BCUT2D eigenvalue weighted by molar-refractivity contribution is 5.61. The Morgan fingerprint density at radius 3 is 2.76 bits per heavy atom. The molecule has 0 saturated heterocycles. The van der Waals surface area contributed by atoms with Gasteiger partial charge in [0.15, 0.2) is 5.82 Å². The number of hydrogen-bond donors (Lipinski definition) is 1. The van der Waals surface area contributed by atoms with Gasteiger partial charge in [-0.05, 0) is 29.8 Å². The van der Waals surface area contributed by atoms with E-state index in [1.165, 1.54) is 5.56 Å². The third kappa shape index (κ3) is 3.17. The van der Waals surface area contributed by atoms with Crippen molar-refractivity contribution in [3.05, 3.63) is 66.6 Å². The molecule has 106 valence electrons. The van der Waals surface area contributed by atoms with Gasteiger partial charge >= 0.3 is 0 Å². The van der Waals surface area contributed by atoms with Gasteiger partial charge in [0.05, 0.1) is 6.20 Å². The zero-order chi connectivity index (χ0) is 14.5. The first kappa shape index (κ1) is 13.5. The highest BCUT2D eigenvalue weighted by Crippen LogP contribution is 2.19. The summed E-state index contributed by atoms with van der Waals surface area (Å²) in [6.45, 7) is 3.90. The van der Waals surface area contributed by atoms with Crippen LogP contribution in [0.25, 0.3) is 16.9 Å². The van der Waals surface area contributed by atoms with Gasteiger partial charge in [0.2, 0.25) is 0 Å². The van der Waals surface area contributed by atoms with Crippen LogP contribution in [-0.2, 0) is 6.54 Å². The Hall–Kier alpha value is -2.46. The number of rotatable bonds is 5. The van der Waals surface area contributed by atoms with Gasteiger partial charge in [0, 0.05) is 24.5 Å². The normalized spacial score (nSPS) is 10.7. The maximum Gasteiger partial charge on any atom is 0.153 e. The molecule has 0 amide bonds. The van der Waals surface area contributed by atoms with Crippen LogP contribution in [0.5, 0.6) is 0 Å². The molecule has 3 aromatic rings. The number of benzene rings is 1. The zero-order valence-corrected chi connectivity index (χ0v) is 12.0. The second-order valence-electron chi connectivity index (χ2n) is 4.84. The van der Waals surface area contributed by atoms with E-state index in [1.807, 2.05) is 47.5 Å². The summed E-state index contributed by atoms with van der Waals surface area (Å²) in [5.41, 5.74) is 3.46. The highest BCUT2D eigenvalue weighted by Gasteiger charge is 2.04. The predicted octanol–water partition coefficient (Wildman–Crippen LogP) is 3.04. The summed E-state index contributed by atoms with van der Waals surface area (Å²) < 4.78 is 1.82. The van der Waals surface area contributed by atoms with E-state index in [-0.39, 0.29) is 0 Å². The summed E-state index contributed by atoms with van der Waals surface area (Å²) in [6.07, 6.45) is 5.70. The van der Waals surface area contributed by atoms with Crippen molar-refractivity contribution >= 4 is 0 Å². The molecule has 0 atom stereocenters. The number of hydrogen-bond acceptors (Lipinski definition) is 3. The van der Waals surface area contributed by atoms with Crippen LogP contribution in [0.1, 0.15) is 12.5 Å². The van der Waals surface area contributed by atoms with Crippen LogP contribution in [0.4, 0.5) is 0 Å². The molecule has 0 aliphatic rings. The van der Waals surface area contributed by atoms with Crippen molar-refractivity contribution in [2.24, 2.45) is 0 Å². The minimum absolute atomic E-state index is 0.840. The fourth-order valence-electron chi connectivity index (χ4n) is 2.19. The third-order valence-electron chi connectivity index (χ3n) is 3.31. The molecular formula is C17H18N4. The number of aromatic nitrogens is 3. The fourth-order valence-corrected chi connectivity index (χ4v) is 2.19. The molecule has 4 heteroatoms. The second-order valence-corrected chi connectivity index (χ2v) is 4.84.